The Kier molecular flexibility index (Phi) is 5.90. The third-order valence-electron chi connectivity index (χ3n) is 3.39. The van der Waals surface area contributed by atoms with Crippen LogP contribution in [0.3, 0.4) is 0 Å². The van der Waals surface area contributed by atoms with Gasteiger partial charge < -0.3 is 14.7 Å². The van der Waals surface area contributed by atoms with E-state index in [2.05, 4.69) is 0 Å². The van der Waals surface area contributed by atoms with Gasteiger partial charge in [-0.05, 0) is 32.4 Å². The zero-order valence-electron chi connectivity index (χ0n) is 13.0. The summed E-state index contributed by atoms with van der Waals surface area (Å²) in [6.45, 7) is 5.72. The molecule has 0 saturated carbocycles. The number of hydrogen-bond acceptors (Lipinski definition) is 3. The van der Waals surface area contributed by atoms with Crippen molar-refractivity contribution in [3.63, 3.8) is 0 Å². The first-order valence-corrected chi connectivity index (χ1v) is 6.90. The fourth-order valence-corrected chi connectivity index (χ4v) is 1.99. The molecular weight excluding hydrogens is 270 g/mol. The first kappa shape index (κ1) is 17.2. The monoisotopic (exact) mass is 293 g/mol. The van der Waals surface area contributed by atoms with Crippen molar-refractivity contribution in [3.05, 3.63) is 29.8 Å². The molecule has 0 atom stereocenters. The van der Waals surface area contributed by atoms with Gasteiger partial charge in [-0.1, -0.05) is 18.2 Å². The second-order valence-electron chi connectivity index (χ2n) is 5.62. The number of methoxy groups -OCH3 is 1. The van der Waals surface area contributed by atoms with Crippen LogP contribution in [0.4, 0.5) is 5.69 Å². The number of carbonyl (C=O) groups excluding carboxylic acids is 1. The Morgan fingerprint density at radius 3 is 2.43 bits per heavy atom. The third kappa shape index (κ3) is 5.19. The third-order valence-corrected chi connectivity index (χ3v) is 3.39. The molecule has 21 heavy (non-hydrogen) atoms. The van der Waals surface area contributed by atoms with Crippen LogP contribution in [-0.4, -0.2) is 36.2 Å². The predicted octanol–water partition coefficient (Wildman–Crippen LogP) is 2.62. The fourth-order valence-electron chi connectivity index (χ4n) is 1.99. The van der Waals surface area contributed by atoms with Gasteiger partial charge >= 0.3 is 5.97 Å². The Morgan fingerprint density at radius 1 is 1.29 bits per heavy atom. The number of rotatable bonds is 7. The maximum absolute atomic E-state index is 12.5. The van der Waals surface area contributed by atoms with Crippen LogP contribution in [0, 0.1) is 6.92 Å². The molecule has 0 bridgehead atoms. The summed E-state index contributed by atoms with van der Waals surface area (Å²) in [5.41, 5.74) is 1.10. The average molecular weight is 293 g/mol. The highest BCUT2D eigenvalue weighted by atomic mass is 16.5. The number of aliphatic carboxylic acids is 1. The lowest BCUT2D eigenvalue weighted by molar-refractivity contribution is -0.136. The number of aryl methyl sites for hydroxylation is 1. The van der Waals surface area contributed by atoms with E-state index < -0.39 is 11.6 Å². The van der Waals surface area contributed by atoms with Crippen LogP contribution >= 0.6 is 0 Å². The largest absolute Gasteiger partial charge is 0.481 e. The SMILES string of the molecule is COC(C)(C)CC(=O)N(CCC(=O)O)c1ccccc1C. The van der Waals surface area contributed by atoms with Crippen LogP contribution < -0.4 is 4.90 Å². The summed E-state index contributed by atoms with van der Waals surface area (Å²) in [5, 5.41) is 8.88. The molecule has 1 rings (SSSR count). The van der Waals surface area contributed by atoms with Crippen molar-refractivity contribution in [1.29, 1.82) is 0 Å². The van der Waals surface area contributed by atoms with Crippen LogP contribution in [-0.2, 0) is 14.3 Å². The zero-order chi connectivity index (χ0) is 16.0. The number of para-hydroxylation sites is 1. The van der Waals surface area contributed by atoms with Crippen molar-refractivity contribution in [2.24, 2.45) is 0 Å². The summed E-state index contributed by atoms with van der Waals surface area (Å²) in [4.78, 5) is 24.9. The predicted molar refractivity (Wildman–Crippen MR) is 81.5 cm³/mol. The van der Waals surface area contributed by atoms with Gasteiger partial charge in [-0.3, -0.25) is 9.59 Å². The second-order valence-corrected chi connectivity index (χ2v) is 5.62. The van der Waals surface area contributed by atoms with E-state index in [0.717, 1.165) is 11.3 Å². The number of benzene rings is 1. The average Bonchev–Trinajstić information content (AvgIpc) is 2.40. The minimum Gasteiger partial charge on any atom is -0.481 e. The van der Waals surface area contributed by atoms with Gasteiger partial charge in [0.15, 0.2) is 0 Å². The zero-order valence-corrected chi connectivity index (χ0v) is 13.0. The van der Waals surface area contributed by atoms with E-state index in [-0.39, 0.29) is 25.3 Å². The Hall–Kier alpha value is -1.88. The quantitative estimate of drug-likeness (QED) is 0.839. The maximum Gasteiger partial charge on any atom is 0.305 e. The van der Waals surface area contributed by atoms with Crippen molar-refractivity contribution in [2.75, 3.05) is 18.6 Å². The fraction of sp³-hybridized carbons (Fsp3) is 0.500. The van der Waals surface area contributed by atoms with Gasteiger partial charge in [-0.25, -0.2) is 0 Å². The number of anilines is 1. The van der Waals surface area contributed by atoms with Crippen molar-refractivity contribution < 1.29 is 19.4 Å². The minimum absolute atomic E-state index is 0.0898. The normalized spacial score (nSPS) is 11.2. The number of ether oxygens (including phenoxy) is 1. The lowest BCUT2D eigenvalue weighted by Crippen LogP contribution is -2.39. The van der Waals surface area contributed by atoms with E-state index in [1.54, 1.807) is 7.11 Å². The van der Waals surface area contributed by atoms with Gasteiger partial charge in [0.1, 0.15) is 0 Å². The Labute approximate surface area is 125 Å². The Bertz CT molecular complexity index is 511. The van der Waals surface area contributed by atoms with Gasteiger partial charge in [-0.2, -0.15) is 0 Å². The second kappa shape index (κ2) is 7.22. The standard InChI is InChI=1S/C16H23NO4/c1-12-7-5-6-8-13(12)17(10-9-15(19)20)14(18)11-16(2,3)21-4/h5-8H,9-11H2,1-4H3,(H,19,20). The molecule has 0 aliphatic rings. The first-order valence-electron chi connectivity index (χ1n) is 6.90. The molecule has 1 aromatic rings. The van der Waals surface area contributed by atoms with Crippen LogP contribution in [0.25, 0.3) is 0 Å². The molecule has 0 fully saturated rings. The first-order chi connectivity index (χ1) is 9.76. The van der Waals surface area contributed by atoms with E-state index in [9.17, 15) is 9.59 Å². The molecule has 0 radical (unpaired) electrons. The number of hydrogen-bond donors (Lipinski definition) is 1. The van der Waals surface area contributed by atoms with Gasteiger partial charge in [-0.15, -0.1) is 0 Å². The summed E-state index contributed by atoms with van der Waals surface area (Å²) in [6, 6.07) is 7.45. The number of amides is 1. The van der Waals surface area contributed by atoms with E-state index in [0.29, 0.717) is 0 Å². The molecule has 116 valence electrons. The molecule has 5 heteroatoms. The topological polar surface area (TPSA) is 66.8 Å². The van der Waals surface area contributed by atoms with Gasteiger partial charge in [0.2, 0.25) is 5.91 Å². The summed E-state index contributed by atoms with van der Waals surface area (Å²) in [7, 11) is 1.56. The van der Waals surface area contributed by atoms with E-state index in [1.165, 1.54) is 4.90 Å². The van der Waals surface area contributed by atoms with Gasteiger partial charge in [0, 0.05) is 19.3 Å². The van der Waals surface area contributed by atoms with Gasteiger partial charge in [0.25, 0.3) is 0 Å². The molecule has 0 aliphatic heterocycles. The lowest BCUT2D eigenvalue weighted by Gasteiger charge is -2.29. The molecular formula is C16H23NO4. The summed E-state index contributed by atoms with van der Waals surface area (Å²) in [5.74, 6) is -1.07. The summed E-state index contributed by atoms with van der Waals surface area (Å²) in [6.07, 6.45) is 0.102. The molecule has 1 aromatic carbocycles. The molecule has 0 heterocycles. The molecule has 1 N–H and O–H groups in total. The number of nitrogens with zero attached hydrogens (tertiary/aromatic N) is 1. The summed E-state index contributed by atoms with van der Waals surface area (Å²) < 4.78 is 5.29. The van der Waals surface area contributed by atoms with Crippen molar-refractivity contribution >= 4 is 17.6 Å². The molecule has 0 aromatic heterocycles. The van der Waals surface area contributed by atoms with Gasteiger partial charge in [0.05, 0.1) is 18.4 Å². The highest BCUT2D eigenvalue weighted by Gasteiger charge is 2.26. The van der Waals surface area contributed by atoms with Crippen LogP contribution in [0.2, 0.25) is 0 Å². The van der Waals surface area contributed by atoms with Crippen LogP contribution in [0.5, 0.6) is 0 Å². The molecule has 0 saturated heterocycles. The van der Waals surface area contributed by atoms with Crippen molar-refractivity contribution in [3.8, 4) is 0 Å². The number of carboxylic acids is 1. The maximum atomic E-state index is 12.5. The summed E-state index contributed by atoms with van der Waals surface area (Å²) >= 11 is 0. The Morgan fingerprint density at radius 2 is 1.90 bits per heavy atom. The van der Waals surface area contributed by atoms with Crippen molar-refractivity contribution in [2.45, 2.75) is 39.2 Å². The minimum atomic E-state index is -0.924. The smallest absolute Gasteiger partial charge is 0.305 e. The lowest BCUT2D eigenvalue weighted by atomic mass is 10.0. The highest BCUT2D eigenvalue weighted by Crippen LogP contribution is 2.23. The molecule has 5 nitrogen and oxygen atoms in total. The molecule has 0 spiro atoms. The molecule has 0 unspecified atom stereocenters. The van der Waals surface area contributed by atoms with Crippen LogP contribution in [0.1, 0.15) is 32.3 Å². The molecule has 0 aliphatic carbocycles. The van der Waals surface area contributed by atoms with E-state index in [1.807, 2.05) is 45.0 Å². The van der Waals surface area contributed by atoms with E-state index in [4.69, 9.17) is 9.84 Å². The van der Waals surface area contributed by atoms with E-state index >= 15 is 0 Å². The van der Waals surface area contributed by atoms with Crippen LogP contribution in [0.15, 0.2) is 24.3 Å². The number of carbonyl (C=O) groups is 2. The molecule has 1 amide bonds. The van der Waals surface area contributed by atoms with Crippen molar-refractivity contribution in [1.82, 2.24) is 0 Å². The highest BCUT2D eigenvalue weighted by molar-refractivity contribution is 5.95. The Balaban J connectivity index is 3.00. The number of carboxylic acid groups (broad SMARTS) is 1.